The topological polar surface area (TPSA) is 96.3 Å². The molecule has 19 heavy (non-hydrogen) atoms. The number of rotatable bonds is 4. The van der Waals surface area contributed by atoms with Crippen molar-refractivity contribution in [3.63, 3.8) is 0 Å². The Bertz CT molecular complexity index is 511. The molecule has 1 heterocycles. The normalized spacial score (nSPS) is 17.2. The van der Waals surface area contributed by atoms with Crippen molar-refractivity contribution >= 4 is 17.3 Å². The molecule has 1 aliphatic rings. The molecule has 9 heteroatoms. The minimum absolute atomic E-state index is 0.133. The summed E-state index contributed by atoms with van der Waals surface area (Å²) in [5, 5.41) is 17.3. The molecule has 0 aromatic heterocycles. The second kappa shape index (κ2) is 5.89. The molecule has 0 bridgehead atoms. The van der Waals surface area contributed by atoms with Crippen LogP contribution in [0.1, 0.15) is 0 Å². The predicted molar refractivity (Wildman–Crippen MR) is 66.8 cm³/mol. The number of benzene rings is 1. The van der Waals surface area contributed by atoms with Crippen LogP contribution in [0.2, 0.25) is 0 Å². The summed E-state index contributed by atoms with van der Waals surface area (Å²) in [5.74, 6) is 0.177. The minimum atomic E-state index is -3.53. The van der Waals surface area contributed by atoms with Gasteiger partial charge in [0.25, 0.3) is 0 Å². The fourth-order valence-electron chi connectivity index (χ4n) is 1.75. The third-order valence-corrected chi connectivity index (χ3v) is 4.59. The second-order valence-electron chi connectivity index (χ2n) is 3.93. The van der Waals surface area contributed by atoms with Gasteiger partial charge in [-0.1, -0.05) is 0 Å². The molecule has 0 unspecified atom stereocenters. The van der Waals surface area contributed by atoms with Crippen molar-refractivity contribution in [1.29, 1.82) is 0 Å². The van der Waals surface area contributed by atoms with E-state index in [-0.39, 0.29) is 10.6 Å². The molecular weight excluding hydrogens is 273 g/mol. The van der Waals surface area contributed by atoms with E-state index in [1.54, 1.807) is 0 Å². The Labute approximate surface area is 111 Å². The maximum absolute atomic E-state index is 12.3. The Morgan fingerprint density at radius 3 is 2.26 bits per heavy atom. The largest absolute Gasteiger partial charge is 0.707 e. The molecule has 1 aromatic rings. The first-order valence-corrected chi connectivity index (χ1v) is 7.15. The van der Waals surface area contributed by atoms with Gasteiger partial charge >= 0.3 is 7.32 Å². The highest BCUT2D eigenvalue weighted by Gasteiger charge is 2.26. The molecule has 0 aliphatic carbocycles. The highest BCUT2D eigenvalue weighted by atomic mass is 32.2. The molecule has 2 rings (SSSR count). The van der Waals surface area contributed by atoms with E-state index in [9.17, 15) is 8.42 Å². The SMILES string of the molecule is O=S(=O)(c1ccc(OB(O)O)cc1)N1CCOCC1. The lowest BCUT2D eigenvalue weighted by atomic mass is 10.2. The van der Waals surface area contributed by atoms with Crippen LogP contribution in [0.15, 0.2) is 29.2 Å². The zero-order valence-corrected chi connectivity index (χ0v) is 10.9. The molecule has 0 atom stereocenters. The molecule has 104 valence electrons. The lowest BCUT2D eigenvalue weighted by Crippen LogP contribution is -2.40. The Hall–Kier alpha value is -1.13. The van der Waals surface area contributed by atoms with Crippen LogP contribution in [0.25, 0.3) is 0 Å². The van der Waals surface area contributed by atoms with Gasteiger partial charge in [0, 0.05) is 13.1 Å². The van der Waals surface area contributed by atoms with Crippen molar-refractivity contribution in [2.45, 2.75) is 4.90 Å². The third-order valence-electron chi connectivity index (χ3n) is 2.67. The Balaban J connectivity index is 2.16. The first kappa shape index (κ1) is 14.3. The summed E-state index contributed by atoms with van der Waals surface area (Å²) in [4.78, 5) is 0.133. The molecule has 0 spiro atoms. The number of hydrogen-bond acceptors (Lipinski definition) is 6. The molecule has 0 amide bonds. The number of hydrogen-bond donors (Lipinski definition) is 2. The van der Waals surface area contributed by atoms with Crippen LogP contribution in [0, 0.1) is 0 Å². The highest BCUT2D eigenvalue weighted by molar-refractivity contribution is 7.89. The zero-order valence-electron chi connectivity index (χ0n) is 10.1. The van der Waals surface area contributed by atoms with Crippen LogP contribution < -0.4 is 4.65 Å². The van der Waals surface area contributed by atoms with Crippen molar-refractivity contribution in [3.05, 3.63) is 24.3 Å². The van der Waals surface area contributed by atoms with Gasteiger partial charge in [-0.25, -0.2) is 8.42 Å². The van der Waals surface area contributed by atoms with Gasteiger partial charge in [0.15, 0.2) is 0 Å². The lowest BCUT2D eigenvalue weighted by Gasteiger charge is -2.26. The van der Waals surface area contributed by atoms with Crippen molar-refractivity contribution in [3.8, 4) is 5.75 Å². The van der Waals surface area contributed by atoms with E-state index in [1.165, 1.54) is 28.6 Å². The molecular formula is C10H14BNO6S. The summed E-state index contributed by atoms with van der Waals surface area (Å²) >= 11 is 0. The zero-order chi connectivity index (χ0) is 13.9. The van der Waals surface area contributed by atoms with Gasteiger partial charge in [-0.05, 0) is 24.3 Å². The molecule has 1 saturated heterocycles. The number of nitrogens with zero attached hydrogens (tertiary/aromatic N) is 1. The van der Waals surface area contributed by atoms with Gasteiger partial charge in [0.1, 0.15) is 5.75 Å². The predicted octanol–water partition coefficient (Wildman–Crippen LogP) is -0.944. The summed E-state index contributed by atoms with van der Waals surface area (Å²) in [6, 6.07) is 5.46. The molecule has 0 saturated carbocycles. The smallest absolute Gasteiger partial charge is 0.512 e. The first-order valence-electron chi connectivity index (χ1n) is 5.71. The summed E-state index contributed by atoms with van der Waals surface area (Å²) in [6.07, 6.45) is 0. The van der Waals surface area contributed by atoms with Crippen LogP contribution in [-0.4, -0.2) is 56.4 Å². The van der Waals surface area contributed by atoms with E-state index in [4.69, 9.17) is 14.8 Å². The Morgan fingerprint density at radius 1 is 1.16 bits per heavy atom. The Kier molecular flexibility index (Phi) is 4.43. The average molecular weight is 287 g/mol. The van der Waals surface area contributed by atoms with Gasteiger partial charge < -0.3 is 19.4 Å². The quantitative estimate of drug-likeness (QED) is 0.694. The van der Waals surface area contributed by atoms with Crippen molar-refractivity contribution in [2.24, 2.45) is 0 Å². The maximum Gasteiger partial charge on any atom is 0.707 e. The Morgan fingerprint density at radius 2 is 1.74 bits per heavy atom. The van der Waals surface area contributed by atoms with Crippen LogP contribution in [0.3, 0.4) is 0 Å². The monoisotopic (exact) mass is 287 g/mol. The fraction of sp³-hybridized carbons (Fsp3) is 0.400. The van der Waals surface area contributed by atoms with Gasteiger partial charge in [-0.15, -0.1) is 0 Å². The van der Waals surface area contributed by atoms with Gasteiger partial charge in [-0.3, -0.25) is 0 Å². The molecule has 2 N–H and O–H groups in total. The van der Waals surface area contributed by atoms with E-state index in [0.717, 1.165) is 0 Å². The summed E-state index contributed by atoms with van der Waals surface area (Å²) in [5.41, 5.74) is 0. The number of sulfonamides is 1. The maximum atomic E-state index is 12.3. The molecule has 0 radical (unpaired) electrons. The summed E-state index contributed by atoms with van der Waals surface area (Å²) < 4.78 is 35.6. The van der Waals surface area contributed by atoms with E-state index >= 15 is 0 Å². The average Bonchev–Trinajstić information content (AvgIpc) is 2.40. The molecule has 1 aliphatic heterocycles. The molecule has 1 fully saturated rings. The standard InChI is InChI=1S/C10H14BNO6S/c13-11(14)18-9-1-3-10(4-2-9)19(15,16)12-5-7-17-8-6-12/h1-4,13-14H,5-8H2. The summed E-state index contributed by atoms with van der Waals surface area (Å²) in [6.45, 7) is 1.43. The van der Waals surface area contributed by atoms with Gasteiger partial charge in [0.2, 0.25) is 10.0 Å². The van der Waals surface area contributed by atoms with Crippen molar-refractivity contribution in [2.75, 3.05) is 26.3 Å². The second-order valence-corrected chi connectivity index (χ2v) is 5.87. The van der Waals surface area contributed by atoms with Crippen LogP contribution >= 0.6 is 0 Å². The van der Waals surface area contributed by atoms with Gasteiger partial charge in [-0.2, -0.15) is 4.31 Å². The molecule has 1 aromatic carbocycles. The van der Waals surface area contributed by atoms with Gasteiger partial charge in [0.05, 0.1) is 18.1 Å². The van der Waals surface area contributed by atoms with Crippen LogP contribution in [0.5, 0.6) is 5.75 Å². The van der Waals surface area contributed by atoms with E-state index < -0.39 is 17.3 Å². The van der Waals surface area contributed by atoms with E-state index in [2.05, 4.69) is 4.65 Å². The van der Waals surface area contributed by atoms with Crippen molar-refractivity contribution in [1.82, 2.24) is 4.31 Å². The van der Waals surface area contributed by atoms with E-state index in [1.807, 2.05) is 0 Å². The highest BCUT2D eigenvalue weighted by Crippen LogP contribution is 2.20. The minimum Gasteiger partial charge on any atom is -0.512 e. The third kappa shape index (κ3) is 3.45. The fourth-order valence-corrected chi connectivity index (χ4v) is 3.16. The van der Waals surface area contributed by atoms with Crippen LogP contribution in [-0.2, 0) is 14.8 Å². The number of ether oxygens (including phenoxy) is 1. The molecule has 7 nitrogen and oxygen atoms in total. The van der Waals surface area contributed by atoms with E-state index in [0.29, 0.717) is 26.3 Å². The van der Waals surface area contributed by atoms with Crippen LogP contribution in [0.4, 0.5) is 0 Å². The lowest BCUT2D eigenvalue weighted by molar-refractivity contribution is 0.0730. The summed E-state index contributed by atoms with van der Waals surface area (Å²) in [7, 11) is -5.46. The number of morpholine rings is 1. The first-order chi connectivity index (χ1) is 9.00. The van der Waals surface area contributed by atoms with Crippen molar-refractivity contribution < 1.29 is 27.9 Å².